The lowest BCUT2D eigenvalue weighted by molar-refractivity contribution is -0.368. The molecule has 0 aromatic rings. The second kappa shape index (κ2) is 5.97. The largest absolute Gasteiger partial charge is 0.394 e. The number of aliphatic hydroxyl groups excluding tert-OH is 4. The Morgan fingerprint density at radius 3 is 2.62 bits per heavy atom. The fourth-order valence-electron chi connectivity index (χ4n) is 3.97. The minimum absolute atomic E-state index is 0.00568. The van der Waals surface area contributed by atoms with Crippen molar-refractivity contribution < 1.29 is 44.5 Å². The molecule has 0 spiro atoms. The number of hydrogen-bond acceptors (Lipinski definition) is 9. The van der Waals surface area contributed by atoms with E-state index in [0.717, 1.165) is 0 Å². The summed E-state index contributed by atoms with van der Waals surface area (Å²) in [4.78, 5) is 0. The quantitative estimate of drug-likeness (QED) is 0.349. The normalized spacial score (nSPS) is 56.5. The van der Waals surface area contributed by atoms with Crippen LogP contribution in [-0.2, 0) is 18.9 Å². The van der Waals surface area contributed by atoms with Gasteiger partial charge >= 0.3 is 0 Å². The van der Waals surface area contributed by atoms with Gasteiger partial charge in [0.05, 0.1) is 19.1 Å². The molecule has 5 rings (SSSR count). The molecule has 4 bridgehead atoms. The van der Waals surface area contributed by atoms with Crippen molar-refractivity contribution in [2.45, 2.75) is 55.3 Å². The molecular weight excluding hydrogens is 324 g/mol. The van der Waals surface area contributed by atoms with Crippen LogP contribution in [-0.4, -0.2) is 87.6 Å². The van der Waals surface area contributed by atoms with Crippen LogP contribution in [0.15, 0.2) is 12.2 Å². The van der Waals surface area contributed by atoms with E-state index in [9.17, 15) is 25.5 Å². The second-order valence-electron chi connectivity index (χ2n) is 6.85. The van der Waals surface area contributed by atoms with Crippen LogP contribution >= 0.6 is 0 Å². The van der Waals surface area contributed by atoms with Crippen LogP contribution in [0.4, 0.5) is 0 Å². The highest BCUT2D eigenvalue weighted by Crippen LogP contribution is 2.48. The van der Waals surface area contributed by atoms with Crippen molar-refractivity contribution in [2.24, 2.45) is 11.8 Å². The molecule has 10 atom stereocenters. The molecule has 0 radical (unpaired) electrons. The van der Waals surface area contributed by atoms with Gasteiger partial charge in [0.2, 0.25) is 0 Å². The predicted octanol–water partition coefficient (Wildman–Crippen LogP) is -2.56. The first kappa shape index (κ1) is 16.8. The summed E-state index contributed by atoms with van der Waals surface area (Å²) in [6.45, 7) is -0.455. The highest BCUT2D eigenvalue weighted by molar-refractivity contribution is 5.20. The first-order chi connectivity index (χ1) is 11.4. The number of allylic oxidation sites excluding steroid dienone is 1. The van der Waals surface area contributed by atoms with Crippen molar-refractivity contribution >= 4 is 0 Å². The number of fused-ring (bicyclic) bond motifs is 2. The summed E-state index contributed by atoms with van der Waals surface area (Å²) >= 11 is 0. The van der Waals surface area contributed by atoms with Crippen LogP contribution in [0.5, 0.6) is 0 Å². The molecular formula is C15H22O9. The van der Waals surface area contributed by atoms with Gasteiger partial charge in [-0.2, -0.15) is 0 Å². The van der Waals surface area contributed by atoms with E-state index in [-0.39, 0.29) is 12.5 Å². The van der Waals surface area contributed by atoms with Crippen LogP contribution in [0.3, 0.4) is 0 Å². The average molecular weight is 346 g/mol. The summed E-state index contributed by atoms with van der Waals surface area (Å²) in [7, 11) is 0. The van der Waals surface area contributed by atoms with Crippen LogP contribution in [0, 0.1) is 11.8 Å². The van der Waals surface area contributed by atoms with Gasteiger partial charge in [-0.3, -0.25) is 0 Å². The number of aliphatic hydroxyl groups is 5. The van der Waals surface area contributed by atoms with E-state index in [1.165, 1.54) is 0 Å². The van der Waals surface area contributed by atoms with Crippen LogP contribution in [0.2, 0.25) is 0 Å². The standard InChI is InChI=1S/C15H22O9/c16-4-7-10(17)11(18)12(19)14(22-7)24-13-9-6-1-2-15(9,20)5-21-8(3-6)23-13/h1-2,6-14,16-20H,3-5H2/t6-,7-,8-,9-,10-,11+,12-,13+,14+,15-/m1/s1. The zero-order valence-corrected chi connectivity index (χ0v) is 12.8. The van der Waals surface area contributed by atoms with Gasteiger partial charge in [0.15, 0.2) is 18.9 Å². The van der Waals surface area contributed by atoms with E-state index in [0.29, 0.717) is 6.42 Å². The van der Waals surface area contributed by atoms with Crippen LogP contribution < -0.4 is 0 Å². The zero-order valence-electron chi connectivity index (χ0n) is 12.8. The molecule has 5 N–H and O–H groups in total. The molecule has 4 heterocycles. The summed E-state index contributed by atoms with van der Waals surface area (Å²) < 4.78 is 22.3. The topological polar surface area (TPSA) is 138 Å². The Hall–Kier alpha value is -0.620. The average Bonchev–Trinajstić information content (AvgIpc) is 2.76. The lowest BCUT2D eigenvalue weighted by atomic mass is 9.82. The number of rotatable bonds is 3. The van der Waals surface area contributed by atoms with E-state index < -0.39 is 61.4 Å². The Bertz CT molecular complexity index is 511. The van der Waals surface area contributed by atoms with E-state index in [4.69, 9.17) is 18.9 Å². The molecule has 4 saturated heterocycles. The smallest absolute Gasteiger partial charge is 0.189 e. The van der Waals surface area contributed by atoms with Crippen molar-refractivity contribution in [3.63, 3.8) is 0 Å². The van der Waals surface area contributed by atoms with E-state index in [2.05, 4.69) is 0 Å². The van der Waals surface area contributed by atoms with Crippen molar-refractivity contribution in [1.29, 1.82) is 0 Å². The molecule has 24 heavy (non-hydrogen) atoms. The van der Waals surface area contributed by atoms with Gasteiger partial charge in [0.25, 0.3) is 0 Å². The first-order valence-electron chi connectivity index (χ1n) is 8.08. The predicted molar refractivity (Wildman–Crippen MR) is 75.2 cm³/mol. The van der Waals surface area contributed by atoms with Gasteiger partial charge < -0.3 is 44.5 Å². The third-order valence-electron chi connectivity index (χ3n) is 5.33. The molecule has 0 unspecified atom stereocenters. The van der Waals surface area contributed by atoms with Gasteiger partial charge in [-0.1, -0.05) is 12.2 Å². The molecule has 0 aromatic carbocycles. The van der Waals surface area contributed by atoms with E-state index in [1.807, 2.05) is 6.08 Å². The number of hydrogen-bond donors (Lipinski definition) is 5. The Kier molecular flexibility index (Phi) is 4.19. The van der Waals surface area contributed by atoms with Gasteiger partial charge in [-0.25, -0.2) is 0 Å². The van der Waals surface area contributed by atoms with Crippen molar-refractivity contribution in [3.8, 4) is 0 Å². The monoisotopic (exact) mass is 346 g/mol. The van der Waals surface area contributed by atoms with E-state index in [1.54, 1.807) is 6.08 Å². The summed E-state index contributed by atoms with van der Waals surface area (Å²) in [5, 5.41) is 49.7. The maximum absolute atomic E-state index is 10.7. The first-order valence-corrected chi connectivity index (χ1v) is 8.08. The SMILES string of the molecule is OC[C@H]1O[C@@H](O[C@@H]2O[C@@H]3C[C@H]4C=C[C@@](O)(CO3)[C@@H]24)[C@H](O)[C@@H](O)[C@@H]1O. The van der Waals surface area contributed by atoms with Gasteiger partial charge in [-0.15, -0.1) is 0 Å². The summed E-state index contributed by atoms with van der Waals surface area (Å²) in [6, 6.07) is 0. The molecule has 4 fully saturated rings. The lowest BCUT2D eigenvalue weighted by Crippen LogP contribution is -2.61. The molecule has 136 valence electrons. The third kappa shape index (κ3) is 2.52. The Labute approximate surface area is 138 Å². The maximum atomic E-state index is 10.7. The summed E-state index contributed by atoms with van der Waals surface area (Å²) in [5.41, 5.74) is -1.23. The zero-order chi connectivity index (χ0) is 17.1. The highest BCUT2D eigenvalue weighted by Gasteiger charge is 2.57. The van der Waals surface area contributed by atoms with Crippen molar-refractivity contribution in [2.75, 3.05) is 13.2 Å². The summed E-state index contributed by atoms with van der Waals surface area (Å²) in [5.74, 6) is -0.422. The molecule has 5 aliphatic rings. The molecule has 0 aromatic heterocycles. The van der Waals surface area contributed by atoms with Crippen LogP contribution in [0.1, 0.15) is 6.42 Å². The Morgan fingerprint density at radius 1 is 1.08 bits per heavy atom. The maximum Gasteiger partial charge on any atom is 0.189 e. The molecule has 9 nitrogen and oxygen atoms in total. The lowest BCUT2D eigenvalue weighted by Gasteiger charge is -2.44. The van der Waals surface area contributed by atoms with Gasteiger partial charge in [-0.05, 0) is 5.92 Å². The molecule has 0 saturated carbocycles. The third-order valence-corrected chi connectivity index (χ3v) is 5.33. The Balaban J connectivity index is 1.53. The van der Waals surface area contributed by atoms with Gasteiger partial charge in [0, 0.05) is 6.42 Å². The molecule has 9 heteroatoms. The van der Waals surface area contributed by atoms with Crippen molar-refractivity contribution in [3.05, 3.63) is 12.2 Å². The fourth-order valence-corrected chi connectivity index (χ4v) is 3.97. The minimum atomic E-state index is -1.53. The van der Waals surface area contributed by atoms with E-state index >= 15 is 0 Å². The highest BCUT2D eigenvalue weighted by atomic mass is 16.8. The minimum Gasteiger partial charge on any atom is -0.394 e. The Morgan fingerprint density at radius 2 is 1.88 bits per heavy atom. The second-order valence-corrected chi connectivity index (χ2v) is 6.85. The van der Waals surface area contributed by atoms with Crippen LogP contribution in [0.25, 0.3) is 0 Å². The molecule has 4 aliphatic heterocycles. The summed E-state index contributed by atoms with van der Waals surface area (Å²) in [6.07, 6.45) is -4.16. The molecule has 0 amide bonds. The number of ether oxygens (including phenoxy) is 4. The molecule has 1 aliphatic carbocycles. The van der Waals surface area contributed by atoms with Gasteiger partial charge in [0.1, 0.15) is 30.0 Å². The van der Waals surface area contributed by atoms with Crippen molar-refractivity contribution in [1.82, 2.24) is 0 Å². The fraction of sp³-hybridized carbons (Fsp3) is 0.867.